The third kappa shape index (κ3) is 4.18. The minimum Gasteiger partial charge on any atom is -0.466 e. The van der Waals surface area contributed by atoms with Crippen molar-refractivity contribution in [1.82, 2.24) is 0 Å². The number of aliphatic hydroxyl groups is 1. The Hall–Kier alpha value is -2.29. The standard InChI is InChI=1S/C17H12Cl2F3NO4/c1-27-15(25)16(26,17(20,21)22)10-3-5-11(6-4-10)23-14(24)9-2-7-12(18)13(19)8-9/h2-8,26H,1H3,(H,23,24). The second-order valence-electron chi connectivity index (χ2n) is 5.36. The molecule has 0 radical (unpaired) electrons. The maximum absolute atomic E-state index is 13.2. The predicted octanol–water partition coefficient (Wildman–Crippen LogP) is 4.17. The van der Waals surface area contributed by atoms with Crippen molar-refractivity contribution in [3.63, 3.8) is 0 Å². The summed E-state index contributed by atoms with van der Waals surface area (Å²) < 4.78 is 43.6. The molecule has 1 atom stereocenters. The number of anilines is 1. The molecule has 27 heavy (non-hydrogen) atoms. The van der Waals surface area contributed by atoms with Gasteiger partial charge in [-0.1, -0.05) is 35.3 Å². The second-order valence-corrected chi connectivity index (χ2v) is 6.17. The van der Waals surface area contributed by atoms with E-state index in [1.165, 1.54) is 18.2 Å². The van der Waals surface area contributed by atoms with Crippen molar-refractivity contribution in [2.45, 2.75) is 11.8 Å². The smallest absolute Gasteiger partial charge is 0.432 e. The van der Waals surface area contributed by atoms with Crippen molar-refractivity contribution >= 4 is 40.8 Å². The first-order valence-electron chi connectivity index (χ1n) is 7.25. The maximum Gasteiger partial charge on any atom is 0.432 e. The highest BCUT2D eigenvalue weighted by atomic mass is 35.5. The fraction of sp³-hybridized carbons (Fsp3) is 0.176. The number of esters is 1. The summed E-state index contributed by atoms with van der Waals surface area (Å²) in [5.74, 6) is -2.46. The summed E-state index contributed by atoms with van der Waals surface area (Å²) in [6.07, 6.45) is -5.30. The number of hydrogen-bond donors (Lipinski definition) is 2. The lowest BCUT2D eigenvalue weighted by Gasteiger charge is -2.28. The van der Waals surface area contributed by atoms with E-state index in [2.05, 4.69) is 10.1 Å². The summed E-state index contributed by atoms with van der Waals surface area (Å²) in [5, 5.41) is 12.7. The highest BCUT2D eigenvalue weighted by molar-refractivity contribution is 6.42. The fourth-order valence-corrected chi connectivity index (χ4v) is 2.48. The van der Waals surface area contributed by atoms with E-state index in [9.17, 15) is 27.9 Å². The molecule has 0 aliphatic rings. The van der Waals surface area contributed by atoms with Crippen LogP contribution in [0.2, 0.25) is 10.0 Å². The van der Waals surface area contributed by atoms with Gasteiger partial charge in [-0.25, -0.2) is 4.79 Å². The highest BCUT2D eigenvalue weighted by Crippen LogP contribution is 2.40. The van der Waals surface area contributed by atoms with Gasteiger partial charge in [-0.2, -0.15) is 13.2 Å². The lowest BCUT2D eigenvalue weighted by Crippen LogP contribution is -2.49. The Bertz CT molecular complexity index is 871. The normalized spacial score (nSPS) is 13.6. The van der Waals surface area contributed by atoms with Crippen LogP contribution < -0.4 is 5.32 Å². The van der Waals surface area contributed by atoms with E-state index in [0.717, 1.165) is 31.4 Å². The van der Waals surface area contributed by atoms with Crippen LogP contribution >= 0.6 is 23.2 Å². The number of rotatable bonds is 4. The van der Waals surface area contributed by atoms with Gasteiger partial charge >= 0.3 is 12.1 Å². The molecule has 2 N–H and O–H groups in total. The van der Waals surface area contributed by atoms with E-state index in [1.807, 2.05) is 0 Å². The molecular weight excluding hydrogens is 410 g/mol. The molecule has 0 heterocycles. The van der Waals surface area contributed by atoms with Crippen molar-refractivity contribution in [3.8, 4) is 0 Å². The molecule has 1 amide bonds. The molecule has 0 bridgehead atoms. The Morgan fingerprint density at radius 2 is 1.63 bits per heavy atom. The molecule has 144 valence electrons. The number of methoxy groups -OCH3 is 1. The van der Waals surface area contributed by atoms with Gasteiger partial charge in [0, 0.05) is 16.8 Å². The number of halogens is 5. The Balaban J connectivity index is 2.27. The van der Waals surface area contributed by atoms with Crippen LogP contribution in [0.3, 0.4) is 0 Å². The van der Waals surface area contributed by atoms with E-state index in [1.54, 1.807) is 0 Å². The zero-order valence-corrected chi connectivity index (χ0v) is 15.1. The SMILES string of the molecule is COC(=O)C(O)(c1ccc(NC(=O)c2ccc(Cl)c(Cl)c2)cc1)C(F)(F)F. The van der Waals surface area contributed by atoms with Crippen LogP contribution in [-0.2, 0) is 15.1 Å². The molecule has 10 heteroatoms. The number of amides is 1. The van der Waals surface area contributed by atoms with E-state index >= 15 is 0 Å². The molecule has 0 aromatic heterocycles. The fourth-order valence-electron chi connectivity index (χ4n) is 2.18. The summed E-state index contributed by atoms with van der Waals surface area (Å²) in [7, 11) is 0.727. The molecule has 0 aliphatic carbocycles. The number of ether oxygens (including phenoxy) is 1. The topological polar surface area (TPSA) is 75.6 Å². The average Bonchev–Trinajstić information content (AvgIpc) is 2.62. The number of benzene rings is 2. The van der Waals surface area contributed by atoms with Crippen LogP contribution in [0.25, 0.3) is 0 Å². The summed E-state index contributed by atoms with van der Waals surface area (Å²) in [5.41, 5.74) is -4.28. The van der Waals surface area contributed by atoms with Crippen LogP contribution in [0.4, 0.5) is 18.9 Å². The maximum atomic E-state index is 13.2. The molecule has 0 fully saturated rings. The second kappa shape index (κ2) is 7.75. The predicted molar refractivity (Wildman–Crippen MR) is 92.8 cm³/mol. The number of carbonyl (C=O) groups excluding carboxylic acids is 2. The monoisotopic (exact) mass is 421 g/mol. The van der Waals surface area contributed by atoms with Gasteiger partial charge in [0.15, 0.2) is 0 Å². The molecule has 1 unspecified atom stereocenters. The number of alkyl halides is 3. The lowest BCUT2D eigenvalue weighted by molar-refractivity contribution is -0.266. The van der Waals surface area contributed by atoms with Gasteiger partial charge in [0.2, 0.25) is 0 Å². The molecular formula is C17H12Cl2F3NO4. The molecule has 0 spiro atoms. The van der Waals surface area contributed by atoms with E-state index in [-0.39, 0.29) is 21.3 Å². The van der Waals surface area contributed by atoms with Gasteiger partial charge in [-0.15, -0.1) is 0 Å². The average molecular weight is 422 g/mol. The van der Waals surface area contributed by atoms with E-state index < -0.39 is 29.2 Å². The van der Waals surface area contributed by atoms with Gasteiger partial charge in [-0.05, 0) is 30.3 Å². The van der Waals surface area contributed by atoms with Crippen molar-refractivity contribution in [1.29, 1.82) is 0 Å². The first-order chi connectivity index (χ1) is 12.5. The zero-order chi connectivity index (χ0) is 20.4. The molecule has 0 saturated carbocycles. The van der Waals surface area contributed by atoms with Gasteiger partial charge in [-0.3, -0.25) is 4.79 Å². The van der Waals surface area contributed by atoms with Gasteiger partial charge in [0.25, 0.3) is 11.5 Å². The van der Waals surface area contributed by atoms with Crippen molar-refractivity contribution in [3.05, 3.63) is 63.6 Å². The Morgan fingerprint density at radius 1 is 1.04 bits per heavy atom. The number of carbonyl (C=O) groups is 2. The van der Waals surface area contributed by atoms with Crippen LogP contribution in [0.15, 0.2) is 42.5 Å². The number of hydrogen-bond acceptors (Lipinski definition) is 4. The summed E-state index contributed by atoms with van der Waals surface area (Å²) >= 11 is 11.6. The minimum atomic E-state index is -5.30. The van der Waals surface area contributed by atoms with Crippen molar-refractivity contribution in [2.75, 3.05) is 12.4 Å². The molecule has 5 nitrogen and oxygen atoms in total. The lowest BCUT2D eigenvalue weighted by atomic mass is 9.93. The van der Waals surface area contributed by atoms with Crippen LogP contribution in [0.1, 0.15) is 15.9 Å². The Kier molecular flexibility index (Phi) is 6.04. The van der Waals surface area contributed by atoms with Crippen molar-refractivity contribution < 1.29 is 32.6 Å². The first kappa shape index (κ1) is 21.0. The number of nitrogens with one attached hydrogen (secondary N) is 1. The van der Waals surface area contributed by atoms with Gasteiger partial charge in [0.05, 0.1) is 17.2 Å². The molecule has 0 saturated heterocycles. The zero-order valence-electron chi connectivity index (χ0n) is 13.6. The van der Waals surface area contributed by atoms with E-state index in [0.29, 0.717) is 0 Å². The minimum absolute atomic E-state index is 0.129. The Morgan fingerprint density at radius 3 is 2.11 bits per heavy atom. The first-order valence-corrected chi connectivity index (χ1v) is 8.00. The molecule has 0 aliphatic heterocycles. The van der Waals surface area contributed by atoms with Gasteiger partial charge in [0.1, 0.15) is 0 Å². The third-order valence-electron chi connectivity index (χ3n) is 3.63. The summed E-state index contributed by atoms with van der Waals surface area (Å²) in [4.78, 5) is 23.7. The summed E-state index contributed by atoms with van der Waals surface area (Å²) in [6.45, 7) is 0. The van der Waals surface area contributed by atoms with Crippen LogP contribution in [0.5, 0.6) is 0 Å². The van der Waals surface area contributed by atoms with Gasteiger partial charge < -0.3 is 15.2 Å². The van der Waals surface area contributed by atoms with Crippen molar-refractivity contribution in [2.24, 2.45) is 0 Å². The largest absolute Gasteiger partial charge is 0.466 e. The molecule has 2 aromatic carbocycles. The molecule has 2 aromatic rings. The van der Waals surface area contributed by atoms with E-state index in [4.69, 9.17) is 23.2 Å². The Labute approximate surface area is 161 Å². The molecule has 2 rings (SSSR count). The quantitative estimate of drug-likeness (QED) is 0.726. The van der Waals surface area contributed by atoms with Crippen LogP contribution in [-0.4, -0.2) is 30.3 Å². The third-order valence-corrected chi connectivity index (χ3v) is 4.37. The van der Waals surface area contributed by atoms with Crippen LogP contribution in [0, 0.1) is 0 Å². The highest BCUT2D eigenvalue weighted by Gasteiger charge is 2.62. The summed E-state index contributed by atoms with van der Waals surface area (Å²) in [6, 6.07) is 8.07.